The Morgan fingerprint density at radius 1 is 1.17 bits per heavy atom. The van der Waals surface area contributed by atoms with Gasteiger partial charge in [-0.05, 0) is 52.7 Å². The molecule has 0 bridgehead atoms. The third-order valence-electron chi connectivity index (χ3n) is 4.03. The first-order valence-electron chi connectivity index (χ1n) is 8.68. The van der Waals surface area contributed by atoms with E-state index in [0.717, 1.165) is 15.7 Å². The molecule has 6 nitrogen and oxygen atoms in total. The number of carbonyl (C=O) groups is 2. The fraction of sp³-hybridized carbons (Fsp3) is 0.150. The van der Waals surface area contributed by atoms with Crippen molar-refractivity contribution in [2.75, 3.05) is 17.6 Å². The van der Waals surface area contributed by atoms with Crippen LogP contribution in [0.1, 0.15) is 5.56 Å². The number of hydrogen-bond acceptors (Lipinski definition) is 4. The molecule has 2 N–H and O–H groups in total. The zero-order valence-electron chi connectivity index (χ0n) is 15.5. The van der Waals surface area contributed by atoms with E-state index in [2.05, 4.69) is 31.5 Å². The lowest BCUT2D eigenvalue weighted by Gasteiger charge is -2.11. The highest BCUT2D eigenvalue weighted by atomic mass is 79.9. The van der Waals surface area contributed by atoms with Gasteiger partial charge in [0.05, 0.1) is 23.7 Å². The average Bonchev–Trinajstić information content (AvgIpc) is 3.17. The Morgan fingerprint density at radius 2 is 1.97 bits per heavy atom. The molecule has 0 aliphatic carbocycles. The molecule has 1 heterocycles. The fourth-order valence-electron chi connectivity index (χ4n) is 2.55. The lowest BCUT2D eigenvalue weighted by molar-refractivity contribution is -0.122. The molecule has 3 aromatic rings. The van der Waals surface area contributed by atoms with Gasteiger partial charge in [-0.15, -0.1) is 0 Å². The number of carbonyl (C=O) groups excluding carboxylic acids is 2. The van der Waals surface area contributed by atoms with Crippen molar-refractivity contribution in [2.45, 2.75) is 12.1 Å². The summed E-state index contributed by atoms with van der Waals surface area (Å²) in [6, 6.07) is 12.9. The molecule has 2 aromatic carbocycles. The van der Waals surface area contributed by atoms with Crippen LogP contribution in [-0.2, 0) is 9.59 Å². The van der Waals surface area contributed by atoms with Gasteiger partial charge in [0.2, 0.25) is 11.8 Å². The summed E-state index contributed by atoms with van der Waals surface area (Å²) < 4.78 is 2.66. The molecule has 0 aliphatic heterocycles. The summed E-state index contributed by atoms with van der Waals surface area (Å²) >= 11 is 10.9. The Bertz CT molecular complexity index is 1040. The largest absolute Gasteiger partial charge is 0.346 e. The second-order valence-corrected chi connectivity index (χ2v) is 8.26. The van der Waals surface area contributed by atoms with E-state index in [-0.39, 0.29) is 24.1 Å². The molecular weight excluding hydrogens is 476 g/mol. The Balaban J connectivity index is 1.53. The first-order valence-corrected chi connectivity index (χ1v) is 10.8. The van der Waals surface area contributed by atoms with Crippen LogP contribution in [0, 0.1) is 6.92 Å². The number of nitrogens with zero attached hydrogens (tertiary/aromatic N) is 2. The second kappa shape index (κ2) is 9.96. The van der Waals surface area contributed by atoms with Crippen LogP contribution in [0.5, 0.6) is 0 Å². The number of nitrogens with one attached hydrogen (secondary N) is 2. The summed E-state index contributed by atoms with van der Waals surface area (Å²) in [5, 5.41) is 6.70. The number of imidazole rings is 1. The lowest BCUT2D eigenvalue weighted by Crippen LogP contribution is -2.34. The van der Waals surface area contributed by atoms with Crippen LogP contribution in [0.3, 0.4) is 0 Å². The number of halogens is 2. The monoisotopic (exact) mass is 492 g/mol. The van der Waals surface area contributed by atoms with E-state index in [4.69, 9.17) is 11.6 Å². The zero-order valence-corrected chi connectivity index (χ0v) is 18.6. The number of benzene rings is 2. The molecule has 9 heteroatoms. The summed E-state index contributed by atoms with van der Waals surface area (Å²) in [5.41, 5.74) is 2.49. The van der Waals surface area contributed by atoms with Gasteiger partial charge in [-0.25, -0.2) is 4.98 Å². The molecule has 0 spiro atoms. The maximum Gasteiger partial charge on any atom is 0.243 e. The number of hydrogen-bond donors (Lipinski definition) is 2. The normalized spacial score (nSPS) is 10.6. The summed E-state index contributed by atoms with van der Waals surface area (Å²) in [7, 11) is 0. The summed E-state index contributed by atoms with van der Waals surface area (Å²) in [6.45, 7) is 1.82. The van der Waals surface area contributed by atoms with Crippen molar-refractivity contribution in [1.82, 2.24) is 14.9 Å². The third-order valence-corrected chi connectivity index (χ3v) is 6.10. The molecule has 0 saturated carbocycles. The number of anilines is 1. The predicted octanol–water partition coefficient (Wildman–Crippen LogP) is 4.44. The van der Waals surface area contributed by atoms with Gasteiger partial charge in [0.1, 0.15) is 0 Å². The van der Waals surface area contributed by atoms with Crippen molar-refractivity contribution in [1.29, 1.82) is 0 Å². The lowest BCUT2D eigenvalue weighted by atomic mass is 10.2. The minimum atomic E-state index is -0.300. The van der Waals surface area contributed by atoms with Gasteiger partial charge >= 0.3 is 0 Å². The Hall–Kier alpha value is -2.29. The van der Waals surface area contributed by atoms with Crippen molar-refractivity contribution in [2.24, 2.45) is 0 Å². The number of thioether (sulfide) groups is 1. The first-order chi connectivity index (χ1) is 14.0. The number of aromatic nitrogens is 2. The Labute approximate surface area is 186 Å². The molecule has 29 heavy (non-hydrogen) atoms. The quantitative estimate of drug-likeness (QED) is 0.477. The van der Waals surface area contributed by atoms with Gasteiger partial charge in [-0.2, -0.15) is 0 Å². The maximum atomic E-state index is 12.2. The number of para-hydroxylation sites is 1. The van der Waals surface area contributed by atoms with Crippen LogP contribution in [0.4, 0.5) is 5.69 Å². The Morgan fingerprint density at radius 3 is 2.76 bits per heavy atom. The van der Waals surface area contributed by atoms with E-state index < -0.39 is 0 Å². The molecule has 0 fully saturated rings. The molecule has 150 valence electrons. The minimum Gasteiger partial charge on any atom is -0.346 e. The SMILES string of the molecule is Cc1c(Cl)cccc1-n1ccnc1SCC(=O)NCC(=O)Nc1ccccc1Br. The molecule has 0 radical (unpaired) electrons. The van der Waals surface area contributed by atoms with Crippen LogP contribution in [0.25, 0.3) is 5.69 Å². The van der Waals surface area contributed by atoms with Gasteiger partial charge in [0, 0.05) is 21.9 Å². The third kappa shape index (κ3) is 5.62. The van der Waals surface area contributed by atoms with E-state index in [1.54, 1.807) is 12.3 Å². The van der Waals surface area contributed by atoms with Gasteiger partial charge in [-0.1, -0.05) is 41.6 Å². The summed E-state index contributed by atoms with van der Waals surface area (Å²) in [5.74, 6) is -0.417. The van der Waals surface area contributed by atoms with E-state index in [1.807, 2.05) is 54.1 Å². The van der Waals surface area contributed by atoms with Crippen molar-refractivity contribution >= 4 is 56.8 Å². The van der Waals surface area contributed by atoms with Crippen molar-refractivity contribution in [3.8, 4) is 5.69 Å². The van der Waals surface area contributed by atoms with Crippen LogP contribution in [0.2, 0.25) is 5.02 Å². The number of rotatable bonds is 7. The summed E-state index contributed by atoms with van der Waals surface area (Å²) in [6.07, 6.45) is 3.50. The number of amides is 2. The smallest absolute Gasteiger partial charge is 0.243 e. The molecule has 2 amide bonds. The topological polar surface area (TPSA) is 76.0 Å². The van der Waals surface area contributed by atoms with Crippen LogP contribution in [-0.4, -0.2) is 33.7 Å². The second-order valence-electron chi connectivity index (χ2n) is 6.06. The highest BCUT2D eigenvalue weighted by Gasteiger charge is 2.13. The maximum absolute atomic E-state index is 12.2. The standard InChI is InChI=1S/C20H18BrClN4O2S/c1-13-15(22)6-4-8-17(13)26-10-9-23-20(26)29-12-19(28)24-11-18(27)25-16-7-3-2-5-14(16)21/h2-10H,11-12H2,1H3,(H,24,28)(H,25,27). The minimum absolute atomic E-state index is 0.109. The molecule has 1 aromatic heterocycles. The first kappa shape index (κ1) is 21.4. The Kier molecular flexibility index (Phi) is 7.35. The van der Waals surface area contributed by atoms with Crippen LogP contribution in [0.15, 0.2) is 64.5 Å². The average molecular weight is 494 g/mol. The van der Waals surface area contributed by atoms with E-state index in [9.17, 15) is 9.59 Å². The molecule has 0 saturated heterocycles. The van der Waals surface area contributed by atoms with Crippen molar-refractivity contribution < 1.29 is 9.59 Å². The predicted molar refractivity (Wildman–Crippen MR) is 120 cm³/mol. The van der Waals surface area contributed by atoms with Crippen LogP contribution >= 0.6 is 39.3 Å². The van der Waals surface area contributed by atoms with E-state index in [1.165, 1.54) is 11.8 Å². The van der Waals surface area contributed by atoms with Crippen LogP contribution < -0.4 is 10.6 Å². The zero-order chi connectivity index (χ0) is 20.8. The van der Waals surface area contributed by atoms with Gasteiger partial charge in [0.15, 0.2) is 5.16 Å². The molecule has 3 rings (SSSR count). The highest BCUT2D eigenvalue weighted by Crippen LogP contribution is 2.26. The molecule has 0 unspecified atom stereocenters. The van der Waals surface area contributed by atoms with E-state index >= 15 is 0 Å². The molecular formula is C20H18BrClN4O2S. The highest BCUT2D eigenvalue weighted by molar-refractivity contribution is 9.10. The van der Waals surface area contributed by atoms with E-state index in [0.29, 0.717) is 15.9 Å². The summed E-state index contributed by atoms with van der Waals surface area (Å²) in [4.78, 5) is 28.5. The van der Waals surface area contributed by atoms with Crippen molar-refractivity contribution in [3.63, 3.8) is 0 Å². The van der Waals surface area contributed by atoms with Gasteiger partial charge < -0.3 is 10.6 Å². The van der Waals surface area contributed by atoms with Crippen molar-refractivity contribution in [3.05, 3.63) is 69.9 Å². The molecule has 0 atom stereocenters. The van der Waals surface area contributed by atoms with Gasteiger partial charge in [0.25, 0.3) is 0 Å². The molecule has 0 aliphatic rings. The fourth-order valence-corrected chi connectivity index (χ4v) is 3.90. The van der Waals surface area contributed by atoms with Gasteiger partial charge in [-0.3, -0.25) is 14.2 Å².